The fourth-order valence-corrected chi connectivity index (χ4v) is 2.94. The summed E-state index contributed by atoms with van der Waals surface area (Å²) in [6.07, 6.45) is -0.919. The first-order valence-corrected chi connectivity index (χ1v) is 7.78. The second-order valence-electron chi connectivity index (χ2n) is 5.82. The van der Waals surface area contributed by atoms with Gasteiger partial charge in [0.1, 0.15) is 0 Å². The van der Waals surface area contributed by atoms with Crippen LogP contribution in [0.4, 0.5) is 4.79 Å². The first-order valence-electron chi connectivity index (χ1n) is 7.40. The van der Waals surface area contributed by atoms with Crippen LogP contribution in [0, 0.1) is 0 Å². The van der Waals surface area contributed by atoms with Gasteiger partial charge in [0, 0.05) is 13.7 Å². The van der Waals surface area contributed by atoms with Crippen LogP contribution >= 0.6 is 11.6 Å². The van der Waals surface area contributed by atoms with Crippen LogP contribution in [0.2, 0.25) is 5.15 Å². The molecule has 0 aromatic carbocycles. The zero-order chi connectivity index (χ0) is 17.1. The molecule has 2 heterocycles. The number of aromatic amines is 1. The van der Waals surface area contributed by atoms with Gasteiger partial charge >= 0.3 is 6.09 Å². The summed E-state index contributed by atoms with van der Waals surface area (Å²) in [7, 11) is 1.50. The SMILES string of the molecule is CO[C@H]1CN(C(=O)O)CC[C@H]1NC(=O)c1nc(Cl)c(C(C)C)[nH]1. The van der Waals surface area contributed by atoms with E-state index in [1.54, 1.807) is 0 Å². The van der Waals surface area contributed by atoms with E-state index in [0.717, 1.165) is 0 Å². The molecule has 2 amide bonds. The number of nitrogens with zero attached hydrogens (tertiary/aromatic N) is 2. The highest BCUT2D eigenvalue weighted by Crippen LogP contribution is 2.21. The van der Waals surface area contributed by atoms with Crippen molar-refractivity contribution in [2.45, 2.75) is 38.3 Å². The number of nitrogens with one attached hydrogen (secondary N) is 2. The molecule has 0 radical (unpaired) electrons. The number of amides is 2. The summed E-state index contributed by atoms with van der Waals surface area (Å²) < 4.78 is 5.31. The first kappa shape index (κ1) is 17.6. The fraction of sp³-hybridized carbons (Fsp3) is 0.643. The Morgan fingerprint density at radius 3 is 2.74 bits per heavy atom. The number of ether oxygens (including phenoxy) is 1. The predicted molar refractivity (Wildman–Crippen MR) is 84.0 cm³/mol. The number of rotatable bonds is 4. The van der Waals surface area contributed by atoms with E-state index in [9.17, 15) is 9.59 Å². The Morgan fingerprint density at radius 2 is 2.22 bits per heavy atom. The largest absolute Gasteiger partial charge is 0.465 e. The second kappa shape index (κ2) is 7.18. The molecule has 3 N–H and O–H groups in total. The van der Waals surface area contributed by atoms with E-state index < -0.39 is 12.2 Å². The van der Waals surface area contributed by atoms with E-state index in [-0.39, 0.29) is 35.4 Å². The number of hydrogen-bond donors (Lipinski definition) is 3. The minimum atomic E-state index is -0.990. The van der Waals surface area contributed by atoms with E-state index in [4.69, 9.17) is 21.4 Å². The third-order valence-corrected chi connectivity index (χ3v) is 4.21. The maximum Gasteiger partial charge on any atom is 0.407 e. The topological polar surface area (TPSA) is 108 Å². The van der Waals surface area contributed by atoms with Crippen molar-refractivity contribution >= 4 is 23.6 Å². The van der Waals surface area contributed by atoms with E-state index >= 15 is 0 Å². The first-order chi connectivity index (χ1) is 10.8. The van der Waals surface area contributed by atoms with Gasteiger partial charge < -0.3 is 25.0 Å². The van der Waals surface area contributed by atoms with E-state index in [2.05, 4.69) is 15.3 Å². The summed E-state index contributed by atoms with van der Waals surface area (Å²) in [5.74, 6) is -0.106. The van der Waals surface area contributed by atoms with Gasteiger partial charge in [0.15, 0.2) is 11.0 Å². The standard InChI is InChI=1S/C14H21ClN4O4/c1-7(2)10-11(15)18-12(17-10)13(20)16-8-4-5-19(14(21)22)6-9(8)23-3/h7-9H,4-6H2,1-3H3,(H,16,20)(H,17,18)(H,21,22)/t8-,9+/m1/s1. The highest BCUT2D eigenvalue weighted by atomic mass is 35.5. The van der Waals surface area contributed by atoms with Gasteiger partial charge in [-0.1, -0.05) is 25.4 Å². The number of imidazole rings is 1. The Morgan fingerprint density at radius 1 is 1.52 bits per heavy atom. The van der Waals surface area contributed by atoms with Gasteiger partial charge in [-0.15, -0.1) is 0 Å². The number of carbonyl (C=O) groups excluding carboxylic acids is 1. The smallest absolute Gasteiger partial charge is 0.407 e. The van der Waals surface area contributed by atoms with Crippen LogP contribution in [0.25, 0.3) is 0 Å². The molecule has 1 aromatic rings. The Balaban J connectivity index is 2.05. The van der Waals surface area contributed by atoms with E-state index in [1.165, 1.54) is 12.0 Å². The van der Waals surface area contributed by atoms with Crippen molar-refractivity contribution in [1.29, 1.82) is 0 Å². The van der Waals surface area contributed by atoms with Gasteiger partial charge in [-0.2, -0.15) is 0 Å². The minimum absolute atomic E-state index is 0.127. The Bertz CT molecular complexity index is 589. The van der Waals surface area contributed by atoms with Crippen LogP contribution in [-0.2, 0) is 4.74 Å². The number of halogens is 1. The van der Waals surface area contributed by atoms with E-state index in [0.29, 0.717) is 18.7 Å². The maximum atomic E-state index is 12.3. The summed E-state index contributed by atoms with van der Waals surface area (Å²) in [6, 6.07) is -0.283. The van der Waals surface area contributed by atoms with Crippen molar-refractivity contribution in [3.63, 3.8) is 0 Å². The number of methoxy groups -OCH3 is 1. The molecule has 1 fully saturated rings. The quantitative estimate of drug-likeness (QED) is 0.770. The third-order valence-electron chi connectivity index (χ3n) is 3.93. The van der Waals surface area contributed by atoms with Gasteiger partial charge in [0.2, 0.25) is 0 Å². The van der Waals surface area contributed by atoms with Crippen LogP contribution < -0.4 is 5.32 Å². The molecule has 0 unspecified atom stereocenters. The van der Waals surface area contributed by atoms with Gasteiger partial charge in [-0.3, -0.25) is 4.79 Å². The van der Waals surface area contributed by atoms with Crippen molar-refractivity contribution in [2.24, 2.45) is 0 Å². The van der Waals surface area contributed by atoms with Crippen LogP contribution in [-0.4, -0.2) is 64.3 Å². The van der Waals surface area contributed by atoms with Crippen molar-refractivity contribution in [3.05, 3.63) is 16.7 Å². The monoisotopic (exact) mass is 344 g/mol. The molecular formula is C14H21ClN4O4. The molecule has 0 bridgehead atoms. The molecule has 0 saturated carbocycles. The predicted octanol–water partition coefficient (Wildman–Crippen LogP) is 1.68. The average molecular weight is 345 g/mol. The molecule has 1 aromatic heterocycles. The molecule has 0 aliphatic carbocycles. The molecule has 128 valence electrons. The number of carboxylic acid groups (broad SMARTS) is 1. The molecule has 23 heavy (non-hydrogen) atoms. The lowest BCUT2D eigenvalue weighted by Crippen LogP contribution is -2.55. The summed E-state index contributed by atoms with van der Waals surface area (Å²) >= 11 is 6.02. The van der Waals surface area contributed by atoms with Gasteiger partial charge in [0.25, 0.3) is 5.91 Å². The van der Waals surface area contributed by atoms with Crippen molar-refractivity contribution in [2.75, 3.05) is 20.2 Å². The highest BCUT2D eigenvalue weighted by Gasteiger charge is 2.33. The molecule has 0 spiro atoms. The van der Waals surface area contributed by atoms with Gasteiger partial charge in [0.05, 0.1) is 24.4 Å². The highest BCUT2D eigenvalue weighted by molar-refractivity contribution is 6.30. The average Bonchev–Trinajstić information content (AvgIpc) is 2.89. The maximum absolute atomic E-state index is 12.3. The van der Waals surface area contributed by atoms with Gasteiger partial charge in [-0.25, -0.2) is 9.78 Å². The number of carbonyl (C=O) groups is 2. The van der Waals surface area contributed by atoms with Crippen molar-refractivity contribution < 1.29 is 19.4 Å². The molecule has 2 rings (SSSR count). The molecular weight excluding hydrogens is 324 g/mol. The normalized spacial score (nSPS) is 21.5. The molecule has 1 aliphatic heterocycles. The molecule has 9 heteroatoms. The molecule has 1 saturated heterocycles. The summed E-state index contributed by atoms with van der Waals surface area (Å²) in [6.45, 7) is 4.45. The minimum Gasteiger partial charge on any atom is -0.465 e. The third kappa shape index (κ3) is 3.94. The van der Waals surface area contributed by atoms with Crippen LogP contribution in [0.15, 0.2) is 0 Å². The van der Waals surface area contributed by atoms with Crippen molar-refractivity contribution in [1.82, 2.24) is 20.2 Å². The van der Waals surface area contributed by atoms with Crippen LogP contribution in [0.1, 0.15) is 42.5 Å². The van der Waals surface area contributed by atoms with Crippen LogP contribution in [0.3, 0.4) is 0 Å². The zero-order valence-electron chi connectivity index (χ0n) is 13.3. The van der Waals surface area contributed by atoms with Crippen LogP contribution in [0.5, 0.6) is 0 Å². The number of likely N-dealkylation sites (tertiary alicyclic amines) is 1. The summed E-state index contributed by atoms with van der Waals surface area (Å²) in [5.41, 5.74) is 0.709. The Kier molecular flexibility index (Phi) is 5.48. The van der Waals surface area contributed by atoms with Gasteiger partial charge in [-0.05, 0) is 12.3 Å². The lowest BCUT2D eigenvalue weighted by Gasteiger charge is -2.36. The summed E-state index contributed by atoms with van der Waals surface area (Å²) in [4.78, 5) is 31.6. The molecule has 2 atom stereocenters. The lowest BCUT2D eigenvalue weighted by atomic mass is 10.0. The van der Waals surface area contributed by atoms with Crippen molar-refractivity contribution in [3.8, 4) is 0 Å². The number of piperidine rings is 1. The Hall–Kier alpha value is -1.80. The second-order valence-corrected chi connectivity index (χ2v) is 6.17. The summed E-state index contributed by atoms with van der Waals surface area (Å²) in [5, 5.41) is 12.2. The van der Waals surface area contributed by atoms with E-state index in [1.807, 2.05) is 13.8 Å². The fourth-order valence-electron chi connectivity index (χ4n) is 2.59. The Labute approximate surface area is 139 Å². The number of H-pyrrole nitrogens is 1. The lowest BCUT2D eigenvalue weighted by molar-refractivity contribution is 0.0100. The number of hydrogen-bond acceptors (Lipinski definition) is 4. The zero-order valence-corrected chi connectivity index (χ0v) is 14.1. The molecule has 8 nitrogen and oxygen atoms in total. The number of aromatic nitrogens is 2. The molecule has 1 aliphatic rings.